The first kappa shape index (κ1) is 7.13. The molecule has 0 aliphatic carbocycles. The highest BCUT2D eigenvalue weighted by molar-refractivity contribution is 7.98. The van der Waals surface area contributed by atoms with Crippen molar-refractivity contribution in [2.24, 2.45) is 9.81 Å². The van der Waals surface area contributed by atoms with E-state index >= 15 is 0 Å². The van der Waals surface area contributed by atoms with E-state index in [0.717, 1.165) is 0 Å². The maximum Gasteiger partial charge on any atom is 0.0237 e. The van der Waals surface area contributed by atoms with Crippen LogP contribution in [0.15, 0.2) is 4.40 Å². The maximum absolute atomic E-state index is 4.26. The van der Waals surface area contributed by atoms with Gasteiger partial charge in [-0.3, -0.25) is 0 Å². The molecule has 1 rings (SSSR count). The van der Waals surface area contributed by atoms with Gasteiger partial charge in [0, 0.05) is 11.5 Å². The van der Waals surface area contributed by atoms with Crippen molar-refractivity contribution in [2.75, 3.05) is 5.75 Å². The van der Waals surface area contributed by atoms with E-state index in [1.165, 1.54) is 17.9 Å². The molecule has 0 spiro atoms. The quantitative estimate of drug-likeness (QED) is 0.475. The molecule has 0 unspecified atom stereocenters. The third-order valence-corrected chi connectivity index (χ3v) is 2.76. The van der Waals surface area contributed by atoms with Crippen molar-refractivity contribution >= 4 is 17.7 Å². The van der Waals surface area contributed by atoms with Crippen LogP contribution in [0.5, 0.6) is 0 Å². The summed E-state index contributed by atoms with van der Waals surface area (Å²) in [6.45, 7) is 6.68. The van der Waals surface area contributed by atoms with Crippen LogP contribution in [0.3, 0.4) is 0 Å². The van der Waals surface area contributed by atoms with E-state index in [-0.39, 0.29) is 0 Å². The van der Waals surface area contributed by atoms with Crippen LogP contribution in [0.2, 0.25) is 0 Å². The minimum Gasteiger partial charge on any atom is -0.226 e. The van der Waals surface area contributed by atoms with E-state index in [0.29, 0.717) is 5.41 Å². The van der Waals surface area contributed by atoms with Crippen LogP contribution in [0, 0.1) is 5.41 Å². The maximum atomic E-state index is 4.26. The highest BCUT2D eigenvalue weighted by Gasteiger charge is 2.22. The van der Waals surface area contributed by atoms with Crippen LogP contribution in [0.1, 0.15) is 27.2 Å². The molecule has 9 heavy (non-hydrogen) atoms. The topological polar surface area (TPSA) is 12.4 Å². The SMILES string of the molecule is CC1=NSCC(C)(C)C1. The minimum atomic E-state index is 0.483. The molecule has 1 aliphatic rings. The molecule has 0 N–H and O–H groups in total. The fourth-order valence-corrected chi connectivity index (χ4v) is 1.89. The van der Waals surface area contributed by atoms with Crippen molar-refractivity contribution in [2.45, 2.75) is 27.2 Å². The summed E-state index contributed by atoms with van der Waals surface area (Å²) in [5.41, 5.74) is 1.77. The van der Waals surface area contributed by atoms with Crippen molar-refractivity contribution in [3.63, 3.8) is 0 Å². The Kier molecular flexibility index (Phi) is 1.85. The first-order valence-corrected chi connectivity index (χ1v) is 4.20. The van der Waals surface area contributed by atoms with Crippen molar-refractivity contribution in [3.05, 3.63) is 0 Å². The van der Waals surface area contributed by atoms with Crippen molar-refractivity contribution in [3.8, 4) is 0 Å². The summed E-state index contributed by atoms with van der Waals surface area (Å²) in [6.07, 6.45) is 1.17. The van der Waals surface area contributed by atoms with Gasteiger partial charge in [0.1, 0.15) is 0 Å². The second-order valence-corrected chi connectivity index (χ2v) is 4.17. The summed E-state index contributed by atoms with van der Waals surface area (Å²) in [6, 6.07) is 0. The Morgan fingerprint density at radius 1 is 1.56 bits per heavy atom. The van der Waals surface area contributed by atoms with E-state index in [9.17, 15) is 0 Å². The highest BCUT2D eigenvalue weighted by atomic mass is 32.2. The fraction of sp³-hybridized carbons (Fsp3) is 0.857. The van der Waals surface area contributed by atoms with Gasteiger partial charge in [0.05, 0.1) is 0 Å². The van der Waals surface area contributed by atoms with Crippen LogP contribution in [0.25, 0.3) is 0 Å². The summed E-state index contributed by atoms with van der Waals surface area (Å²) in [5, 5.41) is 0. The zero-order valence-corrected chi connectivity index (χ0v) is 7.09. The van der Waals surface area contributed by atoms with Gasteiger partial charge in [-0.1, -0.05) is 13.8 Å². The lowest BCUT2D eigenvalue weighted by Gasteiger charge is -2.26. The van der Waals surface area contributed by atoms with Gasteiger partial charge in [-0.25, -0.2) is 4.40 Å². The summed E-state index contributed by atoms with van der Waals surface area (Å²) >= 11 is 1.70. The second-order valence-electron chi connectivity index (χ2n) is 3.44. The molecule has 0 atom stereocenters. The molecule has 0 aromatic carbocycles. The highest BCUT2D eigenvalue weighted by Crippen LogP contribution is 2.31. The van der Waals surface area contributed by atoms with E-state index < -0.39 is 0 Å². The van der Waals surface area contributed by atoms with Gasteiger partial charge in [-0.2, -0.15) is 0 Å². The Labute approximate surface area is 61.1 Å². The molecule has 2 heteroatoms. The van der Waals surface area contributed by atoms with Crippen molar-refractivity contribution in [1.29, 1.82) is 0 Å². The van der Waals surface area contributed by atoms with Crippen LogP contribution in [-0.2, 0) is 0 Å². The molecule has 1 heterocycles. The molecular weight excluding hydrogens is 130 g/mol. The van der Waals surface area contributed by atoms with Gasteiger partial charge in [0.2, 0.25) is 0 Å². The Balaban J connectivity index is 2.59. The summed E-state index contributed by atoms with van der Waals surface area (Å²) < 4.78 is 4.26. The van der Waals surface area contributed by atoms with Crippen molar-refractivity contribution in [1.82, 2.24) is 0 Å². The second kappa shape index (κ2) is 2.33. The van der Waals surface area contributed by atoms with Gasteiger partial charge in [-0.05, 0) is 30.7 Å². The molecular formula is C7H13NS. The Morgan fingerprint density at radius 2 is 2.22 bits per heavy atom. The molecule has 0 bridgehead atoms. The first-order chi connectivity index (χ1) is 4.10. The van der Waals surface area contributed by atoms with E-state index in [2.05, 4.69) is 25.2 Å². The molecule has 0 radical (unpaired) electrons. The van der Waals surface area contributed by atoms with Crippen LogP contribution in [0.4, 0.5) is 0 Å². The van der Waals surface area contributed by atoms with Gasteiger partial charge in [-0.15, -0.1) is 0 Å². The average molecular weight is 143 g/mol. The van der Waals surface area contributed by atoms with E-state index in [4.69, 9.17) is 0 Å². The van der Waals surface area contributed by atoms with Crippen LogP contribution < -0.4 is 0 Å². The van der Waals surface area contributed by atoms with E-state index in [1.54, 1.807) is 11.9 Å². The number of hydrogen-bond acceptors (Lipinski definition) is 2. The molecule has 1 nitrogen and oxygen atoms in total. The van der Waals surface area contributed by atoms with Gasteiger partial charge < -0.3 is 0 Å². The lowest BCUT2D eigenvalue weighted by molar-refractivity contribution is 0.441. The lowest BCUT2D eigenvalue weighted by Crippen LogP contribution is -2.21. The lowest BCUT2D eigenvalue weighted by atomic mass is 9.90. The van der Waals surface area contributed by atoms with Gasteiger partial charge in [0.15, 0.2) is 0 Å². The van der Waals surface area contributed by atoms with Crippen LogP contribution in [-0.4, -0.2) is 11.5 Å². The van der Waals surface area contributed by atoms with Crippen molar-refractivity contribution < 1.29 is 0 Å². The Morgan fingerprint density at radius 3 is 2.56 bits per heavy atom. The minimum absolute atomic E-state index is 0.483. The first-order valence-electron chi connectivity index (χ1n) is 3.26. The third-order valence-electron chi connectivity index (χ3n) is 1.41. The molecule has 52 valence electrons. The summed E-state index contributed by atoms with van der Waals surface area (Å²) in [5.74, 6) is 1.17. The predicted molar refractivity (Wildman–Crippen MR) is 44.0 cm³/mol. The zero-order valence-electron chi connectivity index (χ0n) is 6.27. The fourth-order valence-electron chi connectivity index (χ4n) is 1.09. The normalized spacial score (nSPS) is 25.4. The predicted octanol–water partition coefficient (Wildman–Crippen LogP) is 2.53. The largest absolute Gasteiger partial charge is 0.226 e. The molecule has 0 saturated carbocycles. The van der Waals surface area contributed by atoms with Gasteiger partial charge in [0.25, 0.3) is 0 Å². The molecule has 0 amide bonds. The molecule has 0 fully saturated rings. The Hall–Kier alpha value is 0.0200. The molecule has 0 aromatic rings. The zero-order chi connectivity index (χ0) is 6.91. The third kappa shape index (κ3) is 2.01. The monoisotopic (exact) mass is 143 g/mol. The summed E-state index contributed by atoms with van der Waals surface area (Å²) in [7, 11) is 0. The number of rotatable bonds is 0. The standard InChI is InChI=1S/C7H13NS/c1-6-4-7(2,3)5-9-8-6/h4-5H2,1-3H3. The number of nitrogens with zero attached hydrogens (tertiary/aromatic N) is 1. The average Bonchev–Trinajstić information content (AvgIpc) is 1.60. The molecule has 1 aliphatic heterocycles. The van der Waals surface area contributed by atoms with E-state index in [1.807, 2.05) is 0 Å². The summed E-state index contributed by atoms with van der Waals surface area (Å²) in [4.78, 5) is 0. The molecule has 0 aromatic heterocycles. The number of hydrogen-bond donors (Lipinski definition) is 0. The Bertz CT molecular complexity index is 138. The van der Waals surface area contributed by atoms with Gasteiger partial charge >= 0.3 is 0 Å². The molecule has 0 saturated heterocycles. The smallest absolute Gasteiger partial charge is 0.0237 e. The van der Waals surface area contributed by atoms with Crippen LogP contribution >= 0.6 is 11.9 Å².